The molecule has 1 saturated heterocycles. The van der Waals surface area contributed by atoms with Gasteiger partial charge in [0.05, 0.1) is 4.92 Å². The first-order valence-electron chi connectivity index (χ1n) is 5.16. The monoisotopic (exact) mass is 225 g/mol. The smallest absolute Gasteiger partial charge is 0.310 e. The molecule has 1 aliphatic heterocycles. The van der Waals surface area contributed by atoms with Crippen LogP contribution in [0, 0.1) is 10.1 Å². The van der Waals surface area contributed by atoms with E-state index in [1.165, 1.54) is 12.4 Å². The van der Waals surface area contributed by atoms with Crippen molar-refractivity contribution >= 4 is 11.4 Å². The Morgan fingerprint density at radius 2 is 2.19 bits per heavy atom. The van der Waals surface area contributed by atoms with E-state index in [0.29, 0.717) is 31.6 Å². The van der Waals surface area contributed by atoms with Crippen LogP contribution < -0.4 is 4.90 Å². The Morgan fingerprint density at radius 1 is 1.50 bits per heavy atom. The van der Waals surface area contributed by atoms with E-state index in [-0.39, 0.29) is 5.69 Å². The van der Waals surface area contributed by atoms with Gasteiger partial charge in [-0.3, -0.25) is 15.1 Å². The molecule has 0 spiro atoms. The SMILES string of the molecule is O=[N+]([O-])c1cnccc1N1CCC(F)CC1. The topological polar surface area (TPSA) is 59.3 Å². The summed E-state index contributed by atoms with van der Waals surface area (Å²) >= 11 is 0. The van der Waals surface area contributed by atoms with Gasteiger partial charge < -0.3 is 4.90 Å². The summed E-state index contributed by atoms with van der Waals surface area (Å²) < 4.78 is 13.0. The minimum atomic E-state index is -0.780. The number of rotatable bonds is 2. The lowest BCUT2D eigenvalue weighted by atomic mass is 10.1. The minimum absolute atomic E-state index is 0.0141. The van der Waals surface area contributed by atoms with Crippen molar-refractivity contribution in [2.45, 2.75) is 19.0 Å². The van der Waals surface area contributed by atoms with Gasteiger partial charge in [0.1, 0.15) is 18.1 Å². The van der Waals surface area contributed by atoms with Crippen LogP contribution in [0.4, 0.5) is 15.8 Å². The van der Waals surface area contributed by atoms with Gasteiger partial charge in [-0.15, -0.1) is 0 Å². The second-order valence-electron chi connectivity index (χ2n) is 3.78. The van der Waals surface area contributed by atoms with Gasteiger partial charge in [0.15, 0.2) is 0 Å². The quantitative estimate of drug-likeness (QED) is 0.570. The van der Waals surface area contributed by atoms with Crippen molar-refractivity contribution in [1.29, 1.82) is 0 Å². The lowest BCUT2D eigenvalue weighted by molar-refractivity contribution is -0.384. The molecule has 16 heavy (non-hydrogen) atoms. The average molecular weight is 225 g/mol. The molecule has 1 aliphatic rings. The molecular formula is C10H12FN3O2. The van der Waals surface area contributed by atoms with Crippen molar-refractivity contribution in [2.75, 3.05) is 18.0 Å². The Morgan fingerprint density at radius 3 is 2.81 bits per heavy atom. The van der Waals surface area contributed by atoms with Crippen LogP contribution in [0.3, 0.4) is 0 Å². The van der Waals surface area contributed by atoms with Crippen molar-refractivity contribution in [3.05, 3.63) is 28.6 Å². The van der Waals surface area contributed by atoms with Gasteiger partial charge in [-0.2, -0.15) is 0 Å². The molecule has 0 aromatic carbocycles. The largest absolute Gasteiger partial charge is 0.366 e. The number of hydrogen-bond acceptors (Lipinski definition) is 4. The summed E-state index contributed by atoms with van der Waals surface area (Å²) in [6, 6.07) is 1.61. The Bertz CT molecular complexity index is 391. The predicted molar refractivity (Wildman–Crippen MR) is 57.2 cm³/mol. The van der Waals surface area contributed by atoms with Crippen LogP contribution in [0.15, 0.2) is 18.5 Å². The molecule has 0 unspecified atom stereocenters. The molecule has 6 heteroatoms. The highest BCUT2D eigenvalue weighted by Gasteiger charge is 2.24. The molecular weight excluding hydrogens is 213 g/mol. The standard InChI is InChI=1S/C10H12FN3O2/c11-8-2-5-13(6-3-8)9-1-4-12-7-10(9)14(15)16/h1,4,7-8H,2-3,5-6H2. The molecule has 1 aromatic rings. The highest BCUT2D eigenvalue weighted by molar-refractivity contribution is 5.61. The van der Waals surface area contributed by atoms with Crippen LogP contribution in [0.25, 0.3) is 0 Å². The van der Waals surface area contributed by atoms with Gasteiger partial charge in [-0.25, -0.2) is 4.39 Å². The summed E-state index contributed by atoms with van der Waals surface area (Å²) in [5, 5.41) is 10.8. The number of nitrogens with zero attached hydrogens (tertiary/aromatic N) is 3. The molecule has 86 valence electrons. The molecule has 1 aromatic heterocycles. The maximum Gasteiger partial charge on any atom is 0.310 e. The molecule has 2 heterocycles. The van der Waals surface area contributed by atoms with E-state index in [1.54, 1.807) is 6.07 Å². The molecule has 0 amide bonds. The fraction of sp³-hybridized carbons (Fsp3) is 0.500. The van der Waals surface area contributed by atoms with Crippen LogP contribution in [-0.2, 0) is 0 Å². The van der Waals surface area contributed by atoms with E-state index in [9.17, 15) is 14.5 Å². The molecule has 0 bridgehead atoms. The summed E-state index contributed by atoms with van der Waals surface area (Å²) in [5.41, 5.74) is 0.520. The maximum atomic E-state index is 13.0. The molecule has 0 radical (unpaired) electrons. The molecule has 1 fully saturated rings. The van der Waals surface area contributed by atoms with E-state index in [2.05, 4.69) is 4.98 Å². The van der Waals surface area contributed by atoms with Gasteiger partial charge in [0, 0.05) is 19.3 Å². The number of pyridine rings is 1. The first-order chi connectivity index (χ1) is 7.68. The third-order valence-corrected chi connectivity index (χ3v) is 2.74. The third-order valence-electron chi connectivity index (χ3n) is 2.74. The second kappa shape index (κ2) is 4.42. The Labute approximate surface area is 92.0 Å². The van der Waals surface area contributed by atoms with Crippen LogP contribution in [-0.4, -0.2) is 29.2 Å². The molecule has 0 N–H and O–H groups in total. The summed E-state index contributed by atoms with van der Waals surface area (Å²) in [5.74, 6) is 0. The number of alkyl halides is 1. The zero-order chi connectivity index (χ0) is 11.5. The number of halogens is 1. The van der Waals surface area contributed by atoms with E-state index >= 15 is 0 Å². The number of hydrogen-bond donors (Lipinski definition) is 0. The van der Waals surface area contributed by atoms with Gasteiger partial charge in [0.25, 0.3) is 0 Å². The number of piperidine rings is 1. The zero-order valence-electron chi connectivity index (χ0n) is 8.67. The van der Waals surface area contributed by atoms with Crippen LogP contribution in [0.5, 0.6) is 0 Å². The number of aromatic nitrogens is 1. The Kier molecular flexibility index (Phi) is 2.98. The zero-order valence-corrected chi connectivity index (χ0v) is 8.67. The first kappa shape index (κ1) is 10.8. The first-order valence-corrected chi connectivity index (χ1v) is 5.16. The summed E-state index contributed by atoms with van der Waals surface area (Å²) in [7, 11) is 0. The van der Waals surface area contributed by atoms with Crippen molar-refractivity contribution in [3.8, 4) is 0 Å². The molecule has 2 rings (SSSR count). The average Bonchev–Trinajstić information content (AvgIpc) is 2.30. The van der Waals surface area contributed by atoms with Crippen LogP contribution in [0.1, 0.15) is 12.8 Å². The second-order valence-corrected chi connectivity index (χ2v) is 3.78. The molecule has 0 atom stereocenters. The van der Waals surface area contributed by atoms with Gasteiger partial charge in [0.2, 0.25) is 0 Å². The van der Waals surface area contributed by atoms with Crippen molar-refractivity contribution < 1.29 is 9.31 Å². The predicted octanol–water partition coefficient (Wildman–Crippen LogP) is 1.93. The maximum absolute atomic E-state index is 13.0. The highest BCUT2D eigenvalue weighted by atomic mass is 19.1. The third kappa shape index (κ3) is 2.10. The van der Waals surface area contributed by atoms with E-state index in [1.807, 2.05) is 4.90 Å². The normalized spacial score (nSPS) is 17.4. The fourth-order valence-electron chi connectivity index (χ4n) is 1.88. The summed E-state index contributed by atoms with van der Waals surface area (Å²) in [6.45, 7) is 1.04. The Balaban J connectivity index is 2.23. The van der Waals surface area contributed by atoms with E-state index in [4.69, 9.17) is 0 Å². The molecule has 5 nitrogen and oxygen atoms in total. The van der Waals surface area contributed by atoms with E-state index < -0.39 is 11.1 Å². The van der Waals surface area contributed by atoms with Crippen LogP contribution >= 0.6 is 0 Å². The van der Waals surface area contributed by atoms with Gasteiger partial charge >= 0.3 is 5.69 Å². The van der Waals surface area contributed by atoms with Crippen LogP contribution in [0.2, 0.25) is 0 Å². The highest BCUT2D eigenvalue weighted by Crippen LogP contribution is 2.29. The van der Waals surface area contributed by atoms with Crippen molar-refractivity contribution in [1.82, 2.24) is 4.98 Å². The van der Waals surface area contributed by atoms with Gasteiger partial charge in [-0.1, -0.05) is 0 Å². The molecule has 0 aliphatic carbocycles. The Hall–Kier alpha value is -1.72. The fourth-order valence-corrected chi connectivity index (χ4v) is 1.88. The van der Waals surface area contributed by atoms with E-state index in [0.717, 1.165) is 0 Å². The van der Waals surface area contributed by atoms with Gasteiger partial charge in [-0.05, 0) is 18.9 Å². The van der Waals surface area contributed by atoms with Crippen molar-refractivity contribution in [3.63, 3.8) is 0 Å². The number of anilines is 1. The summed E-state index contributed by atoms with van der Waals surface area (Å²) in [6.07, 6.45) is 2.83. The summed E-state index contributed by atoms with van der Waals surface area (Å²) in [4.78, 5) is 15.9. The van der Waals surface area contributed by atoms with Crippen molar-refractivity contribution in [2.24, 2.45) is 0 Å². The number of nitro groups is 1. The minimum Gasteiger partial charge on any atom is -0.366 e. The molecule has 0 saturated carbocycles. The lowest BCUT2D eigenvalue weighted by Crippen LogP contribution is -2.34. The lowest BCUT2D eigenvalue weighted by Gasteiger charge is -2.29.